The molecule has 2 aromatic carbocycles. The highest BCUT2D eigenvalue weighted by Crippen LogP contribution is 2.18. The average Bonchev–Trinajstić information content (AvgIpc) is 2.67. The standard InChI is InChI=1S/C20H23N3O3/c1-13(19(24)23-16-8-5-9-17(11-16)26-2)22-20(25)18-10-14-6-3-4-7-15(14)12-21-18/h3-9,11,13,18,21H,10,12H2,1-2H3,(H,22,25)(H,23,24). The minimum absolute atomic E-state index is 0.173. The number of carbonyl (C=O) groups is 2. The summed E-state index contributed by atoms with van der Waals surface area (Å²) in [4.78, 5) is 24.8. The molecule has 136 valence electrons. The minimum Gasteiger partial charge on any atom is -0.497 e. The summed E-state index contributed by atoms with van der Waals surface area (Å²) in [6.07, 6.45) is 0.617. The van der Waals surface area contributed by atoms with Gasteiger partial charge in [-0.3, -0.25) is 9.59 Å². The molecule has 1 aliphatic rings. The van der Waals surface area contributed by atoms with Crippen molar-refractivity contribution < 1.29 is 14.3 Å². The summed E-state index contributed by atoms with van der Waals surface area (Å²) in [5.74, 6) is 0.208. The van der Waals surface area contributed by atoms with E-state index in [2.05, 4.69) is 22.0 Å². The first-order valence-electron chi connectivity index (χ1n) is 8.62. The van der Waals surface area contributed by atoms with Crippen molar-refractivity contribution in [3.05, 3.63) is 59.7 Å². The number of hydrogen-bond donors (Lipinski definition) is 3. The Morgan fingerprint density at radius 2 is 1.92 bits per heavy atom. The van der Waals surface area contributed by atoms with Crippen LogP contribution < -0.4 is 20.7 Å². The van der Waals surface area contributed by atoms with Crippen LogP contribution in [0.1, 0.15) is 18.1 Å². The first kappa shape index (κ1) is 17.9. The van der Waals surface area contributed by atoms with Crippen molar-refractivity contribution in [1.29, 1.82) is 0 Å². The second-order valence-electron chi connectivity index (χ2n) is 6.36. The Morgan fingerprint density at radius 3 is 2.69 bits per heavy atom. The SMILES string of the molecule is COc1cccc(NC(=O)C(C)NC(=O)C2Cc3ccccc3CN2)c1. The summed E-state index contributed by atoms with van der Waals surface area (Å²) in [5, 5.41) is 8.79. The number of amides is 2. The molecule has 1 aliphatic heterocycles. The van der Waals surface area contributed by atoms with Crippen LogP contribution in [0.15, 0.2) is 48.5 Å². The molecule has 0 bridgehead atoms. The molecule has 0 aromatic heterocycles. The normalized spacial score (nSPS) is 16.9. The van der Waals surface area contributed by atoms with Crippen LogP contribution in [0.4, 0.5) is 5.69 Å². The number of methoxy groups -OCH3 is 1. The van der Waals surface area contributed by atoms with Gasteiger partial charge in [0.05, 0.1) is 13.2 Å². The lowest BCUT2D eigenvalue weighted by Gasteiger charge is -2.26. The molecule has 0 saturated carbocycles. The monoisotopic (exact) mass is 353 g/mol. The van der Waals surface area contributed by atoms with E-state index in [1.807, 2.05) is 18.2 Å². The third kappa shape index (κ3) is 4.21. The highest BCUT2D eigenvalue weighted by Gasteiger charge is 2.26. The van der Waals surface area contributed by atoms with Crippen molar-refractivity contribution in [2.45, 2.75) is 32.0 Å². The summed E-state index contributed by atoms with van der Waals surface area (Å²) < 4.78 is 5.14. The van der Waals surface area contributed by atoms with Crippen LogP contribution in [0.5, 0.6) is 5.75 Å². The van der Waals surface area contributed by atoms with Gasteiger partial charge in [0.25, 0.3) is 0 Å². The summed E-state index contributed by atoms with van der Waals surface area (Å²) in [5.41, 5.74) is 3.00. The van der Waals surface area contributed by atoms with Crippen molar-refractivity contribution in [1.82, 2.24) is 10.6 Å². The van der Waals surface area contributed by atoms with E-state index in [4.69, 9.17) is 4.74 Å². The molecule has 0 radical (unpaired) electrons. The highest BCUT2D eigenvalue weighted by molar-refractivity contribution is 5.97. The zero-order valence-electron chi connectivity index (χ0n) is 14.9. The molecule has 1 heterocycles. The topological polar surface area (TPSA) is 79.5 Å². The fraction of sp³-hybridized carbons (Fsp3) is 0.300. The highest BCUT2D eigenvalue weighted by atomic mass is 16.5. The number of rotatable bonds is 5. The Hall–Kier alpha value is -2.86. The van der Waals surface area contributed by atoms with Gasteiger partial charge in [0, 0.05) is 18.3 Å². The van der Waals surface area contributed by atoms with Gasteiger partial charge in [-0.25, -0.2) is 0 Å². The lowest BCUT2D eigenvalue weighted by molar-refractivity contribution is -0.127. The molecular formula is C20H23N3O3. The quantitative estimate of drug-likeness (QED) is 0.766. The van der Waals surface area contributed by atoms with Crippen molar-refractivity contribution >= 4 is 17.5 Å². The molecule has 6 heteroatoms. The van der Waals surface area contributed by atoms with Gasteiger partial charge in [0.1, 0.15) is 11.8 Å². The molecule has 26 heavy (non-hydrogen) atoms. The van der Waals surface area contributed by atoms with E-state index in [-0.39, 0.29) is 17.9 Å². The van der Waals surface area contributed by atoms with E-state index in [0.29, 0.717) is 24.4 Å². The zero-order valence-corrected chi connectivity index (χ0v) is 14.9. The van der Waals surface area contributed by atoms with Gasteiger partial charge >= 0.3 is 0 Å². The summed E-state index contributed by atoms with van der Waals surface area (Å²) in [6, 6.07) is 14.2. The summed E-state index contributed by atoms with van der Waals surface area (Å²) in [6.45, 7) is 2.32. The van der Waals surface area contributed by atoms with Crippen LogP contribution >= 0.6 is 0 Å². The average molecular weight is 353 g/mol. The van der Waals surface area contributed by atoms with Gasteiger partial charge in [-0.05, 0) is 36.6 Å². The molecule has 2 unspecified atom stereocenters. The van der Waals surface area contributed by atoms with Crippen LogP contribution in [0, 0.1) is 0 Å². The second kappa shape index (κ2) is 8.01. The van der Waals surface area contributed by atoms with Crippen molar-refractivity contribution in [3.8, 4) is 5.75 Å². The molecule has 0 saturated heterocycles. The zero-order chi connectivity index (χ0) is 18.5. The van der Waals surface area contributed by atoms with Gasteiger partial charge in [-0.1, -0.05) is 30.3 Å². The number of hydrogen-bond acceptors (Lipinski definition) is 4. The van der Waals surface area contributed by atoms with E-state index < -0.39 is 6.04 Å². The van der Waals surface area contributed by atoms with Crippen molar-refractivity contribution in [3.63, 3.8) is 0 Å². The number of nitrogens with one attached hydrogen (secondary N) is 3. The number of ether oxygens (including phenoxy) is 1. The fourth-order valence-electron chi connectivity index (χ4n) is 2.97. The molecule has 0 fully saturated rings. The van der Waals surface area contributed by atoms with Gasteiger partial charge in [-0.2, -0.15) is 0 Å². The lowest BCUT2D eigenvalue weighted by Crippen LogP contribution is -2.52. The Kier molecular flexibility index (Phi) is 5.53. The second-order valence-corrected chi connectivity index (χ2v) is 6.36. The maximum Gasteiger partial charge on any atom is 0.246 e. The van der Waals surface area contributed by atoms with Crippen molar-refractivity contribution in [2.75, 3.05) is 12.4 Å². The summed E-state index contributed by atoms with van der Waals surface area (Å²) >= 11 is 0. The molecule has 2 amide bonds. The van der Waals surface area contributed by atoms with Crippen molar-refractivity contribution in [2.24, 2.45) is 0 Å². The van der Waals surface area contributed by atoms with E-state index in [1.54, 1.807) is 38.3 Å². The van der Waals surface area contributed by atoms with Crippen LogP contribution in [-0.4, -0.2) is 31.0 Å². The molecule has 6 nitrogen and oxygen atoms in total. The van der Waals surface area contributed by atoms with Gasteiger partial charge < -0.3 is 20.7 Å². The number of carbonyl (C=O) groups excluding carboxylic acids is 2. The molecule has 3 rings (SSSR count). The molecule has 0 aliphatic carbocycles. The maximum atomic E-state index is 12.5. The van der Waals surface area contributed by atoms with Crippen LogP contribution in [0.3, 0.4) is 0 Å². The predicted octanol–water partition coefficient (Wildman–Crippen LogP) is 1.85. The van der Waals surface area contributed by atoms with Gasteiger partial charge in [-0.15, -0.1) is 0 Å². The third-order valence-corrected chi connectivity index (χ3v) is 4.49. The predicted molar refractivity (Wildman–Crippen MR) is 100 cm³/mol. The first-order valence-corrected chi connectivity index (χ1v) is 8.62. The lowest BCUT2D eigenvalue weighted by atomic mass is 9.95. The van der Waals surface area contributed by atoms with Gasteiger partial charge in [0.2, 0.25) is 11.8 Å². The fourth-order valence-corrected chi connectivity index (χ4v) is 2.97. The number of fused-ring (bicyclic) bond motifs is 1. The maximum absolute atomic E-state index is 12.5. The van der Waals surface area contributed by atoms with Crippen LogP contribution in [0.2, 0.25) is 0 Å². The number of anilines is 1. The molecule has 2 atom stereocenters. The molecule has 0 spiro atoms. The van der Waals surface area contributed by atoms with Crippen LogP contribution in [0.25, 0.3) is 0 Å². The Bertz CT molecular complexity index is 806. The summed E-state index contributed by atoms with van der Waals surface area (Å²) in [7, 11) is 1.57. The van der Waals surface area contributed by atoms with E-state index in [0.717, 1.165) is 0 Å². The Labute approximate surface area is 152 Å². The number of benzene rings is 2. The van der Waals surface area contributed by atoms with Crippen LogP contribution in [-0.2, 0) is 22.6 Å². The third-order valence-electron chi connectivity index (χ3n) is 4.49. The largest absolute Gasteiger partial charge is 0.497 e. The Morgan fingerprint density at radius 1 is 1.15 bits per heavy atom. The Balaban J connectivity index is 1.56. The first-order chi connectivity index (χ1) is 12.6. The van der Waals surface area contributed by atoms with E-state index >= 15 is 0 Å². The smallest absolute Gasteiger partial charge is 0.246 e. The molecule has 3 N–H and O–H groups in total. The van der Waals surface area contributed by atoms with E-state index in [9.17, 15) is 9.59 Å². The molecular weight excluding hydrogens is 330 g/mol. The minimum atomic E-state index is -0.646. The molecule has 2 aromatic rings. The van der Waals surface area contributed by atoms with Gasteiger partial charge in [0.15, 0.2) is 0 Å². The van der Waals surface area contributed by atoms with E-state index in [1.165, 1.54) is 11.1 Å².